The van der Waals surface area contributed by atoms with Gasteiger partial charge in [-0.2, -0.15) is 0 Å². The Morgan fingerprint density at radius 3 is 2.60 bits per heavy atom. The molecule has 2 heteroatoms. The summed E-state index contributed by atoms with van der Waals surface area (Å²) < 4.78 is 0. The van der Waals surface area contributed by atoms with Crippen LogP contribution in [0.25, 0.3) is 0 Å². The first kappa shape index (κ1) is 13.0. The lowest BCUT2D eigenvalue weighted by atomic mass is 9.86. The fourth-order valence-electron chi connectivity index (χ4n) is 2.92. The predicted octanol–water partition coefficient (Wildman–Crippen LogP) is 2.72. The first-order chi connectivity index (χ1) is 7.15. The molecule has 0 amide bonds. The fourth-order valence-corrected chi connectivity index (χ4v) is 2.92. The van der Waals surface area contributed by atoms with Gasteiger partial charge in [-0.05, 0) is 44.4 Å². The second-order valence-electron chi connectivity index (χ2n) is 5.15. The molecule has 0 aliphatic heterocycles. The van der Waals surface area contributed by atoms with E-state index in [1.165, 1.54) is 19.3 Å². The van der Waals surface area contributed by atoms with Gasteiger partial charge in [0.2, 0.25) is 0 Å². The Morgan fingerprint density at radius 1 is 1.27 bits per heavy atom. The molecule has 0 bridgehead atoms. The zero-order chi connectivity index (χ0) is 11.3. The van der Waals surface area contributed by atoms with E-state index in [9.17, 15) is 10.2 Å². The maximum absolute atomic E-state index is 9.89. The van der Waals surface area contributed by atoms with E-state index in [-0.39, 0.29) is 12.2 Å². The Balaban J connectivity index is 2.35. The lowest BCUT2D eigenvalue weighted by molar-refractivity contribution is 0.0890. The van der Waals surface area contributed by atoms with Gasteiger partial charge in [-0.3, -0.25) is 0 Å². The molecule has 0 spiro atoms. The maximum Gasteiger partial charge on any atom is 0.0571 e. The van der Waals surface area contributed by atoms with Gasteiger partial charge in [0.15, 0.2) is 0 Å². The van der Waals surface area contributed by atoms with Crippen LogP contribution < -0.4 is 0 Å². The lowest BCUT2D eigenvalue weighted by Gasteiger charge is -2.23. The summed E-state index contributed by atoms with van der Waals surface area (Å²) in [4.78, 5) is 0. The van der Waals surface area contributed by atoms with Crippen LogP contribution in [0, 0.1) is 11.8 Å². The van der Waals surface area contributed by atoms with E-state index in [0.29, 0.717) is 11.8 Å². The van der Waals surface area contributed by atoms with Crippen molar-refractivity contribution in [3.63, 3.8) is 0 Å². The van der Waals surface area contributed by atoms with Crippen molar-refractivity contribution >= 4 is 0 Å². The topological polar surface area (TPSA) is 40.5 Å². The second kappa shape index (κ2) is 6.49. The van der Waals surface area contributed by atoms with Crippen molar-refractivity contribution in [2.24, 2.45) is 11.8 Å². The van der Waals surface area contributed by atoms with Gasteiger partial charge in [0, 0.05) is 0 Å². The molecule has 1 aliphatic rings. The highest BCUT2D eigenvalue weighted by Gasteiger charge is 2.34. The summed E-state index contributed by atoms with van der Waals surface area (Å²) in [5.74, 6) is 1.00. The molecular weight excluding hydrogens is 188 g/mol. The van der Waals surface area contributed by atoms with Gasteiger partial charge >= 0.3 is 0 Å². The predicted molar refractivity (Wildman–Crippen MR) is 62.7 cm³/mol. The quantitative estimate of drug-likeness (QED) is 0.667. The lowest BCUT2D eigenvalue weighted by Crippen LogP contribution is -2.21. The van der Waals surface area contributed by atoms with Gasteiger partial charge in [-0.15, -0.1) is 0 Å². The van der Waals surface area contributed by atoms with Crippen LogP contribution in [-0.2, 0) is 0 Å². The number of aliphatic hydroxyl groups is 2. The first-order valence-corrected chi connectivity index (χ1v) is 6.51. The highest BCUT2D eigenvalue weighted by atomic mass is 16.3. The molecule has 0 aromatic carbocycles. The minimum atomic E-state index is -0.214. The van der Waals surface area contributed by atoms with Gasteiger partial charge in [0.1, 0.15) is 0 Å². The third-order valence-electron chi connectivity index (χ3n) is 3.72. The molecule has 1 rings (SSSR count). The molecule has 15 heavy (non-hydrogen) atoms. The minimum absolute atomic E-state index is 0.106. The van der Waals surface area contributed by atoms with Crippen LogP contribution >= 0.6 is 0 Å². The van der Waals surface area contributed by atoms with E-state index in [2.05, 4.69) is 6.92 Å². The Bertz CT molecular complexity index is 168. The van der Waals surface area contributed by atoms with Crippen molar-refractivity contribution in [2.45, 2.75) is 71.0 Å². The average Bonchev–Trinajstić information content (AvgIpc) is 2.49. The van der Waals surface area contributed by atoms with Crippen LogP contribution in [0.5, 0.6) is 0 Å². The van der Waals surface area contributed by atoms with Gasteiger partial charge in [0.05, 0.1) is 12.2 Å². The Labute approximate surface area is 93.7 Å². The smallest absolute Gasteiger partial charge is 0.0571 e. The SMILES string of the molecule is CCCCCC1C(O)CCC1CC(C)O. The molecule has 1 aliphatic carbocycles. The van der Waals surface area contributed by atoms with E-state index >= 15 is 0 Å². The molecule has 2 nitrogen and oxygen atoms in total. The highest BCUT2D eigenvalue weighted by molar-refractivity contribution is 4.85. The molecule has 0 saturated heterocycles. The molecular formula is C13H26O2. The van der Waals surface area contributed by atoms with Crippen molar-refractivity contribution in [1.82, 2.24) is 0 Å². The van der Waals surface area contributed by atoms with Gasteiger partial charge in [-0.25, -0.2) is 0 Å². The van der Waals surface area contributed by atoms with Gasteiger partial charge in [0.25, 0.3) is 0 Å². The summed E-state index contributed by atoms with van der Waals surface area (Å²) in [5, 5.41) is 19.3. The molecule has 1 fully saturated rings. The molecule has 90 valence electrons. The van der Waals surface area contributed by atoms with E-state index in [0.717, 1.165) is 25.7 Å². The standard InChI is InChI=1S/C13H26O2/c1-3-4-5-6-12-11(9-10(2)14)7-8-13(12)15/h10-15H,3-9H2,1-2H3. The molecule has 0 aromatic rings. The highest BCUT2D eigenvalue weighted by Crippen LogP contribution is 2.38. The van der Waals surface area contributed by atoms with Gasteiger partial charge in [-0.1, -0.05) is 26.2 Å². The summed E-state index contributed by atoms with van der Waals surface area (Å²) >= 11 is 0. The summed E-state index contributed by atoms with van der Waals surface area (Å²) in [5.41, 5.74) is 0. The third kappa shape index (κ3) is 4.12. The maximum atomic E-state index is 9.89. The van der Waals surface area contributed by atoms with Crippen LogP contribution in [0.1, 0.15) is 58.8 Å². The second-order valence-corrected chi connectivity index (χ2v) is 5.15. The molecule has 0 radical (unpaired) electrons. The van der Waals surface area contributed by atoms with Crippen LogP contribution in [0.2, 0.25) is 0 Å². The fraction of sp³-hybridized carbons (Fsp3) is 1.00. The van der Waals surface area contributed by atoms with Crippen molar-refractivity contribution in [3.05, 3.63) is 0 Å². The van der Waals surface area contributed by atoms with Crippen molar-refractivity contribution in [3.8, 4) is 0 Å². The van der Waals surface area contributed by atoms with Crippen molar-refractivity contribution in [1.29, 1.82) is 0 Å². The van der Waals surface area contributed by atoms with E-state index in [1.54, 1.807) is 0 Å². The number of hydrogen-bond donors (Lipinski definition) is 2. The van der Waals surface area contributed by atoms with Crippen molar-refractivity contribution in [2.75, 3.05) is 0 Å². The Morgan fingerprint density at radius 2 is 2.00 bits per heavy atom. The zero-order valence-electron chi connectivity index (χ0n) is 10.2. The van der Waals surface area contributed by atoms with Crippen LogP contribution in [0.4, 0.5) is 0 Å². The van der Waals surface area contributed by atoms with Crippen LogP contribution in [-0.4, -0.2) is 22.4 Å². The molecule has 0 heterocycles. The number of unbranched alkanes of at least 4 members (excludes halogenated alkanes) is 2. The summed E-state index contributed by atoms with van der Waals surface area (Å²) in [6.45, 7) is 4.06. The minimum Gasteiger partial charge on any atom is -0.393 e. The Hall–Kier alpha value is -0.0800. The van der Waals surface area contributed by atoms with E-state index in [1.807, 2.05) is 6.92 Å². The first-order valence-electron chi connectivity index (χ1n) is 6.51. The van der Waals surface area contributed by atoms with Crippen molar-refractivity contribution < 1.29 is 10.2 Å². The number of aliphatic hydroxyl groups excluding tert-OH is 2. The summed E-state index contributed by atoms with van der Waals surface area (Å²) in [7, 11) is 0. The van der Waals surface area contributed by atoms with E-state index in [4.69, 9.17) is 0 Å². The molecule has 4 atom stereocenters. The average molecular weight is 214 g/mol. The number of rotatable bonds is 6. The molecule has 4 unspecified atom stereocenters. The third-order valence-corrected chi connectivity index (χ3v) is 3.72. The molecule has 1 saturated carbocycles. The molecule has 2 N–H and O–H groups in total. The summed E-state index contributed by atoms with van der Waals surface area (Å²) in [6, 6.07) is 0. The Kier molecular flexibility index (Phi) is 5.62. The largest absolute Gasteiger partial charge is 0.393 e. The van der Waals surface area contributed by atoms with Crippen LogP contribution in [0.3, 0.4) is 0 Å². The monoisotopic (exact) mass is 214 g/mol. The zero-order valence-corrected chi connectivity index (χ0v) is 10.2. The van der Waals surface area contributed by atoms with Crippen LogP contribution in [0.15, 0.2) is 0 Å². The van der Waals surface area contributed by atoms with Gasteiger partial charge < -0.3 is 10.2 Å². The molecule has 0 aromatic heterocycles. The van der Waals surface area contributed by atoms with E-state index < -0.39 is 0 Å². The summed E-state index contributed by atoms with van der Waals surface area (Å²) in [6.07, 6.45) is 7.47. The number of hydrogen-bond acceptors (Lipinski definition) is 2. The normalized spacial score (nSPS) is 33.2.